The van der Waals surface area contributed by atoms with Crippen LogP contribution in [0.15, 0.2) is 40.9 Å². The van der Waals surface area contributed by atoms with Gasteiger partial charge in [-0.25, -0.2) is 4.68 Å². The van der Waals surface area contributed by atoms with Gasteiger partial charge in [0.2, 0.25) is 11.8 Å². The molecule has 0 spiro atoms. The molecule has 7 heteroatoms. The highest BCUT2D eigenvalue weighted by molar-refractivity contribution is 6.88. The Bertz CT molecular complexity index is 729. The van der Waals surface area contributed by atoms with Crippen LogP contribution in [0.2, 0.25) is 19.6 Å². The van der Waals surface area contributed by atoms with E-state index in [1.54, 1.807) is 4.68 Å². The van der Waals surface area contributed by atoms with Crippen LogP contribution in [0.1, 0.15) is 5.89 Å². The third-order valence-electron chi connectivity index (χ3n) is 3.09. The van der Waals surface area contributed by atoms with E-state index in [0.29, 0.717) is 18.3 Å². The van der Waals surface area contributed by atoms with E-state index in [9.17, 15) is 0 Å². The van der Waals surface area contributed by atoms with Crippen LogP contribution in [0.5, 0.6) is 0 Å². The number of aromatic nitrogens is 5. The molecule has 0 aliphatic rings. The Balaban J connectivity index is 1.77. The lowest BCUT2D eigenvalue weighted by atomic mass is 10.2. The first-order chi connectivity index (χ1) is 10.0. The average molecular weight is 299 g/mol. The molecule has 0 N–H and O–H groups in total. The van der Waals surface area contributed by atoms with Gasteiger partial charge in [0.15, 0.2) is 0 Å². The van der Waals surface area contributed by atoms with Crippen molar-refractivity contribution in [3.8, 4) is 11.5 Å². The molecule has 3 aromatic rings. The summed E-state index contributed by atoms with van der Waals surface area (Å²) in [5.41, 5.74) is 0.914. The van der Waals surface area contributed by atoms with Crippen LogP contribution < -0.4 is 5.32 Å². The van der Waals surface area contributed by atoms with Gasteiger partial charge in [0.05, 0.1) is 5.32 Å². The van der Waals surface area contributed by atoms with Crippen molar-refractivity contribution in [3.63, 3.8) is 0 Å². The van der Waals surface area contributed by atoms with E-state index in [1.807, 2.05) is 36.5 Å². The molecule has 2 aromatic heterocycles. The zero-order valence-electron chi connectivity index (χ0n) is 12.3. The summed E-state index contributed by atoms with van der Waals surface area (Å²) in [5.74, 6) is 1.05. The summed E-state index contributed by atoms with van der Waals surface area (Å²) in [5, 5.41) is 17.6. The predicted molar refractivity (Wildman–Crippen MR) is 81.8 cm³/mol. The first-order valence-electron chi connectivity index (χ1n) is 6.81. The number of hydrogen-bond acceptors (Lipinski definition) is 5. The lowest BCUT2D eigenvalue weighted by Gasteiger charge is -2.09. The summed E-state index contributed by atoms with van der Waals surface area (Å²) >= 11 is 0. The van der Waals surface area contributed by atoms with E-state index in [2.05, 4.69) is 40.2 Å². The highest BCUT2D eigenvalue weighted by Gasteiger charge is 2.21. The molecule has 0 unspecified atom stereocenters. The molecule has 0 saturated heterocycles. The molecule has 0 fully saturated rings. The van der Waals surface area contributed by atoms with Crippen molar-refractivity contribution in [2.24, 2.45) is 0 Å². The minimum absolute atomic E-state index is 0.442. The van der Waals surface area contributed by atoms with Gasteiger partial charge in [0, 0.05) is 11.8 Å². The fourth-order valence-corrected chi connectivity index (χ4v) is 2.75. The van der Waals surface area contributed by atoms with Crippen LogP contribution in [0.4, 0.5) is 0 Å². The molecule has 0 aliphatic carbocycles. The monoisotopic (exact) mass is 299 g/mol. The van der Waals surface area contributed by atoms with Gasteiger partial charge in [0.25, 0.3) is 0 Å². The van der Waals surface area contributed by atoms with E-state index >= 15 is 0 Å². The van der Waals surface area contributed by atoms with E-state index in [1.165, 1.54) is 0 Å². The summed E-state index contributed by atoms with van der Waals surface area (Å²) < 4.78 is 7.41. The lowest BCUT2D eigenvalue weighted by molar-refractivity contribution is 0.469. The van der Waals surface area contributed by atoms with Gasteiger partial charge >= 0.3 is 0 Å². The van der Waals surface area contributed by atoms with Gasteiger partial charge in [0.1, 0.15) is 14.6 Å². The Hall–Kier alpha value is -2.28. The van der Waals surface area contributed by atoms with Gasteiger partial charge in [-0.3, -0.25) is 0 Å². The molecule has 0 amide bonds. The molecule has 3 rings (SSSR count). The van der Waals surface area contributed by atoms with Gasteiger partial charge < -0.3 is 4.42 Å². The highest BCUT2D eigenvalue weighted by Crippen LogP contribution is 2.17. The molecule has 1 aromatic carbocycles. The number of hydrogen-bond donors (Lipinski definition) is 0. The molecule has 2 heterocycles. The summed E-state index contributed by atoms with van der Waals surface area (Å²) in [6.07, 6.45) is 1.97. The minimum atomic E-state index is -1.44. The Labute approximate surface area is 123 Å². The van der Waals surface area contributed by atoms with Crippen molar-refractivity contribution < 1.29 is 4.42 Å². The fourth-order valence-electron chi connectivity index (χ4n) is 1.87. The second kappa shape index (κ2) is 5.25. The molecule has 6 nitrogen and oxygen atoms in total. The van der Waals surface area contributed by atoms with Crippen LogP contribution in [-0.4, -0.2) is 33.3 Å². The van der Waals surface area contributed by atoms with E-state index in [0.717, 1.165) is 10.9 Å². The topological polar surface area (TPSA) is 69.6 Å². The number of benzene rings is 1. The molecule has 0 bridgehead atoms. The van der Waals surface area contributed by atoms with Gasteiger partial charge in [-0.2, -0.15) is 0 Å². The van der Waals surface area contributed by atoms with Crippen LogP contribution in [-0.2, 0) is 6.54 Å². The lowest BCUT2D eigenvalue weighted by Crippen LogP contribution is -2.38. The predicted octanol–water partition coefficient (Wildman–Crippen LogP) is 1.92. The Morgan fingerprint density at radius 3 is 2.48 bits per heavy atom. The largest absolute Gasteiger partial charge is 0.419 e. The Kier molecular flexibility index (Phi) is 3.42. The molecule has 108 valence electrons. The summed E-state index contributed by atoms with van der Waals surface area (Å²) in [7, 11) is -1.44. The normalized spacial score (nSPS) is 11.8. The molecule has 0 atom stereocenters. The Morgan fingerprint density at radius 1 is 1.05 bits per heavy atom. The van der Waals surface area contributed by atoms with E-state index in [4.69, 9.17) is 4.42 Å². The third-order valence-corrected chi connectivity index (χ3v) is 4.86. The second-order valence-electron chi connectivity index (χ2n) is 5.92. The molecule has 21 heavy (non-hydrogen) atoms. The van der Waals surface area contributed by atoms with Crippen molar-refractivity contribution in [1.82, 2.24) is 25.2 Å². The van der Waals surface area contributed by atoms with Crippen LogP contribution in [0.3, 0.4) is 0 Å². The molecule has 0 radical (unpaired) electrons. The van der Waals surface area contributed by atoms with Crippen molar-refractivity contribution >= 4 is 13.4 Å². The van der Waals surface area contributed by atoms with Crippen molar-refractivity contribution in [3.05, 3.63) is 42.4 Å². The van der Waals surface area contributed by atoms with E-state index < -0.39 is 8.07 Å². The molecule has 0 aliphatic heterocycles. The van der Waals surface area contributed by atoms with Crippen LogP contribution in [0, 0.1) is 0 Å². The fraction of sp³-hybridized carbons (Fsp3) is 0.286. The van der Waals surface area contributed by atoms with E-state index in [-0.39, 0.29) is 0 Å². The van der Waals surface area contributed by atoms with Gasteiger partial charge in [-0.05, 0) is 12.1 Å². The highest BCUT2D eigenvalue weighted by atomic mass is 28.3. The average Bonchev–Trinajstić information content (AvgIpc) is 3.09. The molecule has 0 saturated carbocycles. The van der Waals surface area contributed by atoms with Crippen LogP contribution in [0.25, 0.3) is 11.5 Å². The summed E-state index contributed by atoms with van der Waals surface area (Å²) in [6.45, 7) is 7.15. The van der Waals surface area contributed by atoms with Crippen LogP contribution >= 0.6 is 0 Å². The van der Waals surface area contributed by atoms with Gasteiger partial charge in [-0.1, -0.05) is 43.1 Å². The smallest absolute Gasteiger partial charge is 0.247 e. The zero-order valence-corrected chi connectivity index (χ0v) is 13.3. The van der Waals surface area contributed by atoms with Crippen molar-refractivity contribution in [2.75, 3.05) is 0 Å². The zero-order chi connectivity index (χ0) is 14.9. The molecular weight excluding hydrogens is 282 g/mol. The maximum absolute atomic E-state index is 5.67. The minimum Gasteiger partial charge on any atom is -0.419 e. The maximum Gasteiger partial charge on any atom is 0.247 e. The Morgan fingerprint density at radius 2 is 1.81 bits per heavy atom. The maximum atomic E-state index is 5.67. The standard InChI is InChI=1S/C14H17N5OSi/c1-21(2,3)13-10-19(18-16-13)9-12-15-17-14(20-12)11-7-5-4-6-8-11/h4-8,10H,9H2,1-3H3. The number of nitrogens with zero attached hydrogens (tertiary/aromatic N) is 5. The molecular formula is C14H17N5OSi. The number of rotatable bonds is 4. The SMILES string of the molecule is C[Si](C)(C)c1cn(Cc2nnc(-c3ccccc3)o2)nn1. The van der Waals surface area contributed by atoms with Gasteiger partial charge in [-0.15, -0.1) is 15.3 Å². The second-order valence-corrected chi connectivity index (χ2v) is 10.9. The summed E-state index contributed by atoms with van der Waals surface area (Å²) in [4.78, 5) is 0. The third kappa shape index (κ3) is 3.08. The summed E-state index contributed by atoms with van der Waals surface area (Å²) in [6, 6.07) is 9.72. The quantitative estimate of drug-likeness (QED) is 0.688. The first-order valence-corrected chi connectivity index (χ1v) is 10.3. The van der Waals surface area contributed by atoms with Crippen molar-refractivity contribution in [1.29, 1.82) is 0 Å². The van der Waals surface area contributed by atoms with Crippen molar-refractivity contribution in [2.45, 2.75) is 26.2 Å². The first kappa shape index (κ1) is 13.7.